The average molecular weight is 518 g/mol. The highest BCUT2D eigenvalue weighted by Gasteiger charge is 2.28. The van der Waals surface area contributed by atoms with Gasteiger partial charge in [0.15, 0.2) is 6.10 Å². The number of nitrogens with one attached hydrogen (secondary N) is 2. The zero-order valence-corrected chi connectivity index (χ0v) is 20.5. The van der Waals surface area contributed by atoms with Crippen LogP contribution < -0.4 is 11.1 Å². The summed E-state index contributed by atoms with van der Waals surface area (Å²) in [5.74, 6) is -3.27. The molecule has 36 heavy (non-hydrogen) atoms. The summed E-state index contributed by atoms with van der Waals surface area (Å²) in [6, 6.07) is 15.0. The summed E-state index contributed by atoms with van der Waals surface area (Å²) in [7, 11) is 1.24. The molecule has 0 aliphatic heterocycles. The smallest absolute Gasteiger partial charge is 0.337 e. The van der Waals surface area contributed by atoms with E-state index in [-0.39, 0.29) is 42.5 Å². The summed E-state index contributed by atoms with van der Waals surface area (Å²) >= 11 is 0. The van der Waals surface area contributed by atoms with Crippen molar-refractivity contribution >= 4 is 30.1 Å². The van der Waals surface area contributed by atoms with E-state index in [1.807, 2.05) is 0 Å². The van der Waals surface area contributed by atoms with Gasteiger partial charge in [-0.05, 0) is 47.9 Å². The molecular formula is C26H26ClF2N3O4. The largest absolute Gasteiger partial charge is 0.465 e. The Labute approximate surface area is 213 Å². The van der Waals surface area contributed by atoms with Gasteiger partial charge in [-0.2, -0.15) is 0 Å². The first-order valence-electron chi connectivity index (χ1n) is 10.8. The molecule has 3 rings (SSSR count). The van der Waals surface area contributed by atoms with Crippen LogP contribution in [0.15, 0.2) is 60.7 Å². The van der Waals surface area contributed by atoms with Crippen LogP contribution in [-0.2, 0) is 20.8 Å². The molecule has 1 unspecified atom stereocenters. The van der Waals surface area contributed by atoms with E-state index in [0.717, 1.165) is 12.1 Å². The van der Waals surface area contributed by atoms with E-state index >= 15 is 8.78 Å². The molecule has 0 bridgehead atoms. The van der Waals surface area contributed by atoms with Crippen molar-refractivity contribution in [3.05, 3.63) is 94.6 Å². The maximum Gasteiger partial charge on any atom is 0.337 e. The molecule has 0 spiro atoms. The number of carbonyl (C=O) groups excluding carboxylic acids is 2. The van der Waals surface area contributed by atoms with Crippen LogP contribution in [0.4, 0.5) is 8.78 Å². The molecule has 3 aromatic carbocycles. The maximum atomic E-state index is 15.1. The van der Waals surface area contributed by atoms with Gasteiger partial charge in [-0.15, -0.1) is 12.4 Å². The highest BCUT2D eigenvalue weighted by Crippen LogP contribution is 2.30. The molecule has 4 N–H and O–H groups in total. The fraction of sp³-hybridized carbons (Fsp3) is 0.192. The molecular weight excluding hydrogens is 492 g/mol. The first kappa shape index (κ1) is 28.4. The van der Waals surface area contributed by atoms with Crippen molar-refractivity contribution in [1.29, 1.82) is 5.41 Å². The molecule has 0 radical (unpaired) electrons. The summed E-state index contributed by atoms with van der Waals surface area (Å²) < 4.78 is 40.3. The minimum Gasteiger partial charge on any atom is -0.465 e. The second kappa shape index (κ2) is 12.8. The number of hydrogen-bond acceptors (Lipinski definition) is 5. The number of halogens is 3. The fourth-order valence-corrected chi connectivity index (χ4v) is 3.49. The van der Waals surface area contributed by atoms with Crippen molar-refractivity contribution in [2.75, 3.05) is 13.7 Å². The van der Waals surface area contributed by atoms with E-state index in [1.165, 1.54) is 19.2 Å². The van der Waals surface area contributed by atoms with Gasteiger partial charge in [-0.1, -0.05) is 36.4 Å². The molecule has 0 aliphatic rings. The molecule has 1 amide bonds. The van der Waals surface area contributed by atoms with E-state index in [9.17, 15) is 9.59 Å². The van der Waals surface area contributed by atoms with E-state index in [1.54, 1.807) is 43.3 Å². The number of esters is 1. The van der Waals surface area contributed by atoms with Crippen LogP contribution in [0.25, 0.3) is 11.1 Å². The number of hydrogen-bond donors (Lipinski definition) is 3. The number of carbonyl (C=O) groups is 2. The van der Waals surface area contributed by atoms with Crippen LogP contribution in [0.1, 0.15) is 40.1 Å². The van der Waals surface area contributed by atoms with Crippen LogP contribution in [0, 0.1) is 17.0 Å². The Hall–Kier alpha value is -3.82. The maximum absolute atomic E-state index is 15.1. The third-order valence-corrected chi connectivity index (χ3v) is 5.26. The molecule has 10 heteroatoms. The predicted molar refractivity (Wildman–Crippen MR) is 134 cm³/mol. The number of nitrogen functional groups attached to an aromatic ring is 1. The Bertz CT molecular complexity index is 1230. The Morgan fingerprint density at radius 2 is 1.64 bits per heavy atom. The second-order valence-corrected chi connectivity index (χ2v) is 7.59. The van der Waals surface area contributed by atoms with Crippen molar-refractivity contribution in [3.8, 4) is 11.1 Å². The Kier molecular flexibility index (Phi) is 10.1. The zero-order chi connectivity index (χ0) is 25.5. The number of methoxy groups -OCH3 is 1. The highest BCUT2D eigenvalue weighted by molar-refractivity contribution is 5.95. The van der Waals surface area contributed by atoms with E-state index < -0.39 is 35.2 Å². The molecule has 0 aromatic heterocycles. The molecule has 0 saturated carbocycles. The third-order valence-electron chi connectivity index (χ3n) is 5.26. The van der Waals surface area contributed by atoms with Gasteiger partial charge < -0.3 is 20.5 Å². The lowest BCUT2D eigenvalue weighted by Crippen LogP contribution is -2.31. The normalized spacial score (nSPS) is 11.2. The Balaban J connectivity index is 0.00000456. The molecule has 190 valence electrons. The number of ether oxygens (including phenoxy) is 2. The van der Waals surface area contributed by atoms with Crippen LogP contribution in [0.3, 0.4) is 0 Å². The highest BCUT2D eigenvalue weighted by atomic mass is 35.5. The number of nitrogens with two attached hydrogens (primary N) is 1. The lowest BCUT2D eigenvalue weighted by atomic mass is 9.98. The topological polar surface area (TPSA) is 115 Å². The zero-order valence-electron chi connectivity index (χ0n) is 19.6. The molecule has 0 fully saturated rings. The summed E-state index contributed by atoms with van der Waals surface area (Å²) in [5, 5.41) is 10.0. The first-order valence-corrected chi connectivity index (χ1v) is 10.8. The van der Waals surface area contributed by atoms with Crippen LogP contribution in [-0.4, -0.2) is 31.4 Å². The summed E-state index contributed by atoms with van der Waals surface area (Å²) in [6.45, 7) is 1.75. The van der Waals surface area contributed by atoms with Crippen LogP contribution in [0.2, 0.25) is 0 Å². The lowest BCUT2D eigenvalue weighted by Gasteiger charge is -2.19. The van der Waals surface area contributed by atoms with Crippen molar-refractivity contribution in [1.82, 2.24) is 5.32 Å². The van der Waals surface area contributed by atoms with Crippen molar-refractivity contribution in [2.45, 2.75) is 19.6 Å². The van der Waals surface area contributed by atoms with Gasteiger partial charge in [0.05, 0.1) is 18.2 Å². The fourth-order valence-electron chi connectivity index (χ4n) is 3.49. The van der Waals surface area contributed by atoms with Crippen molar-refractivity contribution in [2.24, 2.45) is 5.73 Å². The van der Waals surface area contributed by atoms with Gasteiger partial charge in [0.2, 0.25) is 0 Å². The van der Waals surface area contributed by atoms with E-state index in [2.05, 4.69) is 10.1 Å². The molecule has 0 saturated heterocycles. The van der Waals surface area contributed by atoms with E-state index in [4.69, 9.17) is 15.9 Å². The van der Waals surface area contributed by atoms with Crippen LogP contribution in [0.5, 0.6) is 0 Å². The van der Waals surface area contributed by atoms with Gasteiger partial charge in [0.1, 0.15) is 17.5 Å². The lowest BCUT2D eigenvalue weighted by molar-refractivity contribution is -0.133. The Morgan fingerprint density at radius 3 is 2.19 bits per heavy atom. The van der Waals surface area contributed by atoms with Crippen LogP contribution >= 0.6 is 12.4 Å². The molecule has 7 nitrogen and oxygen atoms in total. The van der Waals surface area contributed by atoms with Gasteiger partial charge in [0.25, 0.3) is 5.91 Å². The molecule has 3 aromatic rings. The van der Waals surface area contributed by atoms with Gasteiger partial charge in [-0.25, -0.2) is 13.6 Å². The number of rotatable bonds is 9. The van der Waals surface area contributed by atoms with Gasteiger partial charge in [0, 0.05) is 18.7 Å². The number of amides is 1. The second-order valence-electron chi connectivity index (χ2n) is 7.59. The number of amidine groups is 1. The standard InChI is InChI=1S/C26H25F2N3O4.ClH/c1-3-35-23(25(32)31-14-15-7-9-16(10-8-15)24(29)30)22-20(27)12-19(13-21(22)28)17-5-4-6-18(11-17)26(33)34-2;/h4-13,23H,3,14H2,1-2H3,(H3,29,30)(H,31,32);1H. The first-order chi connectivity index (χ1) is 16.7. The SMILES string of the molecule is CCOC(C(=O)NCc1ccc(C(=N)N)cc1)c1c(F)cc(-c2cccc(C(=O)OC)c2)cc1F.Cl. The van der Waals surface area contributed by atoms with E-state index in [0.29, 0.717) is 16.7 Å². The summed E-state index contributed by atoms with van der Waals surface area (Å²) in [4.78, 5) is 24.6. The molecule has 0 heterocycles. The quantitative estimate of drug-likeness (QED) is 0.219. The third kappa shape index (κ3) is 6.65. The minimum atomic E-state index is -1.51. The van der Waals surface area contributed by atoms with Crippen molar-refractivity contribution in [3.63, 3.8) is 0 Å². The van der Waals surface area contributed by atoms with Gasteiger partial charge in [-0.3, -0.25) is 10.2 Å². The molecule has 0 aliphatic carbocycles. The summed E-state index contributed by atoms with van der Waals surface area (Å²) in [6.07, 6.45) is -1.51. The average Bonchev–Trinajstić information content (AvgIpc) is 2.86. The Morgan fingerprint density at radius 1 is 1.00 bits per heavy atom. The molecule has 1 atom stereocenters. The minimum absolute atomic E-state index is 0. The monoisotopic (exact) mass is 517 g/mol. The predicted octanol–water partition coefficient (Wildman–Crippen LogP) is 4.52. The van der Waals surface area contributed by atoms with Crippen molar-refractivity contribution < 1.29 is 27.8 Å². The summed E-state index contributed by atoms with van der Waals surface area (Å²) in [5.41, 5.74) is 7.00. The number of benzene rings is 3. The van der Waals surface area contributed by atoms with Gasteiger partial charge >= 0.3 is 5.97 Å².